The second kappa shape index (κ2) is 6.06. The van der Waals surface area contributed by atoms with Crippen LogP contribution in [0.4, 0.5) is 0 Å². The van der Waals surface area contributed by atoms with E-state index in [2.05, 4.69) is 30.1 Å². The molecule has 25 heavy (non-hydrogen) atoms. The van der Waals surface area contributed by atoms with Crippen molar-refractivity contribution in [3.63, 3.8) is 0 Å². The van der Waals surface area contributed by atoms with E-state index in [9.17, 15) is 4.79 Å². The number of hydrogen-bond acceptors (Lipinski definition) is 3. The van der Waals surface area contributed by atoms with Crippen LogP contribution in [0.3, 0.4) is 0 Å². The normalized spacial score (nSPS) is 11.1. The Balaban J connectivity index is 1.93. The van der Waals surface area contributed by atoms with Crippen LogP contribution in [-0.4, -0.2) is 22.3 Å². The van der Waals surface area contributed by atoms with Crippen LogP contribution >= 0.6 is 0 Å². The molecule has 4 heteroatoms. The molecule has 2 aromatic heterocycles. The second-order valence-corrected chi connectivity index (χ2v) is 5.97. The number of aromatic nitrogens is 2. The number of ether oxygens (including phenoxy) is 1. The summed E-state index contributed by atoms with van der Waals surface area (Å²) in [5.74, 6) is 0.684. The van der Waals surface area contributed by atoms with Gasteiger partial charge in [0.25, 0.3) is 0 Å². The Kier molecular flexibility index (Phi) is 3.73. The molecular weight excluding hydrogens is 312 g/mol. The van der Waals surface area contributed by atoms with E-state index in [1.54, 1.807) is 25.4 Å². The molecule has 0 N–H and O–H groups in total. The monoisotopic (exact) mass is 330 g/mol. The van der Waals surface area contributed by atoms with E-state index in [1.807, 2.05) is 28.7 Å². The number of benzene rings is 2. The molecule has 0 saturated carbocycles. The number of rotatable bonds is 4. The summed E-state index contributed by atoms with van der Waals surface area (Å²) in [5.41, 5.74) is 3.99. The van der Waals surface area contributed by atoms with Crippen LogP contribution in [0.15, 0.2) is 60.8 Å². The zero-order valence-electron chi connectivity index (χ0n) is 14.2. The molecule has 2 aromatic carbocycles. The molecule has 0 aliphatic carbocycles. The maximum atomic E-state index is 12.7. The van der Waals surface area contributed by atoms with E-state index in [1.165, 1.54) is 5.56 Å². The molecule has 0 spiro atoms. The van der Waals surface area contributed by atoms with Gasteiger partial charge in [0.05, 0.1) is 12.6 Å². The fraction of sp³-hybridized carbons (Fsp3) is 0.143. The van der Waals surface area contributed by atoms with E-state index in [-0.39, 0.29) is 5.78 Å². The molecule has 0 fully saturated rings. The van der Waals surface area contributed by atoms with Crippen LogP contribution in [0.1, 0.15) is 28.5 Å². The summed E-state index contributed by atoms with van der Waals surface area (Å²) in [4.78, 5) is 17.2. The molecule has 124 valence electrons. The highest BCUT2D eigenvalue weighted by Gasteiger charge is 2.16. The first kappa shape index (κ1) is 15.4. The number of methoxy groups -OCH3 is 1. The Morgan fingerprint density at radius 1 is 1.12 bits per heavy atom. The predicted octanol–water partition coefficient (Wildman–Crippen LogP) is 4.29. The van der Waals surface area contributed by atoms with Crippen LogP contribution in [0.5, 0.6) is 5.75 Å². The van der Waals surface area contributed by atoms with E-state index in [4.69, 9.17) is 4.74 Å². The van der Waals surface area contributed by atoms with Gasteiger partial charge >= 0.3 is 0 Å². The number of imidazole rings is 1. The van der Waals surface area contributed by atoms with E-state index >= 15 is 0 Å². The molecule has 4 rings (SSSR count). The largest absolute Gasteiger partial charge is 0.496 e. The topological polar surface area (TPSA) is 43.6 Å². The van der Waals surface area contributed by atoms with Crippen molar-refractivity contribution in [2.75, 3.05) is 7.11 Å². The van der Waals surface area contributed by atoms with Crippen molar-refractivity contribution in [1.29, 1.82) is 0 Å². The molecule has 0 bridgehead atoms. The molecule has 0 aliphatic heterocycles. The van der Waals surface area contributed by atoms with Crippen molar-refractivity contribution in [3.8, 4) is 5.75 Å². The Bertz CT molecular complexity index is 1080. The number of ketones is 1. The van der Waals surface area contributed by atoms with Crippen LogP contribution in [-0.2, 0) is 6.42 Å². The van der Waals surface area contributed by atoms with Gasteiger partial charge in [0.1, 0.15) is 17.1 Å². The number of hydrogen-bond donors (Lipinski definition) is 0. The lowest BCUT2D eigenvalue weighted by molar-refractivity contribution is 0.103. The van der Waals surface area contributed by atoms with Gasteiger partial charge in [-0.3, -0.25) is 9.20 Å². The van der Waals surface area contributed by atoms with Gasteiger partial charge in [-0.2, -0.15) is 0 Å². The van der Waals surface area contributed by atoms with Gasteiger partial charge in [-0.1, -0.05) is 43.3 Å². The van der Waals surface area contributed by atoms with Crippen LogP contribution in [0.2, 0.25) is 0 Å². The van der Waals surface area contributed by atoms with Gasteiger partial charge in [0.15, 0.2) is 0 Å². The zero-order valence-corrected chi connectivity index (χ0v) is 14.2. The van der Waals surface area contributed by atoms with Gasteiger partial charge < -0.3 is 4.74 Å². The third-order valence-electron chi connectivity index (χ3n) is 4.48. The van der Waals surface area contributed by atoms with Gasteiger partial charge in [0.2, 0.25) is 5.78 Å². The minimum atomic E-state index is -0.0819. The minimum Gasteiger partial charge on any atom is -0.496 e. The maximum absolute atomic E-state index is 12.7. The smallest absolute Gasteiger partial charge is 0.212 e. The third kappa shape index (κ3) is 2.56. The summed E-state index contributed by atoms with van der Waals surface area (Å²) in [6.45, 7) is 2.13. The summed E-state index contributed by atoms with van der Waals surface area (Å²) >= 11 is 0. The standard InChI is InChI=1S/C21H18N2O2/c1-3-14-9-10-18-16(11-14)19(25-2)12-20-22-17(13-23(18)20)21(24)15-7-5-4-6-8-15/h4-13H,3H2,1-2H3. The number of fused-ring (bicyclic) bond motifs is 3. The average molecular weight is 330 g/mol. The molecule has 0 radical (unpaired) electrons. The van der Waals surface area contributed by atoms with E-state index in [0.717, 1.165) is 23.1 Å². The lowest BCUT2D eigenvalue weighted by atomic mass is 10.1. The summed E-state index contributed by atoms with van der Waals surface area (Å²) in [6.07, 6.45) is 2.76. The van der Waals surface area contributed by atoms with Crippen molar-refractivity contribution in [2.24, 2.45) is 0 Å². The Morgan fingerprint density at radius 2 is 1.92 bits per heavy atom. The van der Waals surface area contributed by atoms with Crippen molar-refractivity contribution in [3.05, 3.63) is 77.6 Å². The Hall–Kier alpha value is -3.14. The molecule has 0 unspecified atom stereocenters. The van der Waals surface area contributed by atoms with Gasteiger partial charge in [-0.05, 0) is 24.1 Å². The number of pyridine rings is 1. The molecule has 2 heterocycles. The molecule has 0 aliphatic rings. The average Bonchev–Trinajstić information content (AvgIpc) is 3.11. The van der Waals surface area contributed by atoms with Crippen molar-refractivity contribution in [2.45, 2.75) is 13.3 Å². The lowest BCUT2D eigenvalue weighted by Gasteiger charge is -2.09. The highest BCUT2D eigenvalue weighted by molar-refractivity contribution is 6.08. The van der Waals surface area contributed by atoms with E-state index in [0.29, 0.717) is 16.9 Å². The second-order valence-electron chi connectivity index (χ2n) is 5.97. The first-order chi connectivity index (χ1) is 12.2. The molecule has 4 nitrogen and oxygen atoms in total. The molecule has 4 aromatic rings. The summed E-state index contributed by atoms with van der Waals surface area (Å²) in [7, 11) is 1.66. The molecule has 0 atom stereocenters. The molecule has 0 saturated heterocycles. The van der Waals surface area contributed by atoms with Crippen molar-refractivity contribution >= 4 is 22.3 Å². The first-order valence-corrected chi connectivity index (χ1v) is 8.29. The van der Waals surface area contributed by atoms with E-state index < -0.39 is 0 Å². The van der Waals surface area contributed by atoms with Gasteiger partial charge in [-0.25, -0.2) is 4.98 Å². The number of nitrogens with zero attached hydrogens (tertiary/aromatic N) is 2. The highest BCUT2D eigenvalue weighted by Crippen LogP contribution is 2.29. The van der Waals surface area contributed by atoms with Crippen molar-refractivity contribution in [1.82, 2.24) is 9.38 Å². The number of aryl methyl sites for hydroxylation is 1. The van der Waals surface area contributed by atoms with Crippen LogP contribution in [0, 0.1) is 0 Å². The summed E-state index contributed by atoms with van der Waals surface area (Å²) in [5, 5.41) is 1.02. The SMILES string of the molecule is CCc1ccc2c(c1)c(OC)cc1nc(C(=O)c3ccccc3)cn12. The third-order valence-corrected chi connectivity index (χ3v) is 4.48. The highest BCUT2D eigenvalue weighted by atomic mass is 16.5. The minimum absolute atomic E-state index is 0.0819. The molecular formula is C21H18N2O2. The van der Waals surface area contributed by atoms with Crippen molar-refractivity contribution < 1.29 is 9.53 Å². The fourth-order valence-corrected chi connectivity index (χ4v) is 3.11. The fourth-order valence-electron chi connectivity index (χ4n) is 3.11. The van der Waals surface area contributed by atoms with Gasteiger partial charge in [0, 0.05) is 23.2 Å². The van der Waals surface area contributed by atoms with Gasteiger partial charge in [-0.15, -0.1) is 0 Å². The number of carbonyl (C=O) groups excluding carboxylic acids is 1. The van der Waals surface area contributed by atoms with Crippen LogP contribution < -0.4 is 4.74 Å². The Labute approximate surface area is 145 Å². The lowest BCUT2D eigenvalue weighted by Crippen LogP contribution is -2.00. The quantitative estimate of drug-likeness (QED) is 0.524. The number of carbonyl (C=O) groups is 1. The first-order valence-electron chi connectivity index (χ1n) is 8.29. The Morgan fingerprint density at radius 3 is 2.64 bits per heavy atom. The maximum Gasteiger partial charge on any atom is 0.212 e. The van der Waals surface area contributed by atoms with Crippen LogP contribution in [0.25, 0.3) is 16.6 Å². The summed E-state index contributed by atoms with van der Waals surface area (Å²) in [6, 6.07) is 17.4. The summed E-state index contributed by atoms with van der Waals surface area (Å²) < 4.78 is 7.50. The predicted molar refractivity (Wildman–Crippen MR) is 98.5 cm³/mol. The zero-order chi connectivity index (χ0) is 17.4. The molecule has 0 amide bonds.